The lowest BCUT2D eigenvalue weighted by atomic mass is 10.2. The van der Waals surface area contributed by atoms with E-state index >= 15 is 0 Å². The van der Waals surface area contributed by atoms with Gasteiger partial charge in [-0.1, -0.05) is 6.92 Å². The highest BCUT2D eigenvalue weighted by Gasteiger charge is 2.11. The summed E-state index contributed by atoms with van der Waals surface area (Å²) in [6, 6.07) is 1.91. The summed E-state index contributed by atoms with van der Waals surface area (Å²) >= 11 is 5.62. The van der Waals surface area contributed by atoms with E-state index < -0.39 is 0 Å². The molecular weight excluding hydrogens is 226 g/mol. The van der Waals surface area contributed by atoms with Gasteiger partial charge in [-0.05, 0) is 12.5 Å². The second-order valence-corrected chi connectivity index (χ2v) is 3.90. The molecule has 0 saturated carbocycles. The van der Waals surface area contributed by atoms with Crippen molar-refractivity contribution in [3.8, 4) is 11.3 Å². The average molecular weight is 240 g/mol. The van der Waals surface area contributed by atoms with Gasteiger partial charge in [0, 0.05) is 18.7 Å². The quantitative estimate of drug-likeness (QED) is 0.748. The van der Waals surface area contributed by atoms with Gasteiger partial charge in [-0.15, -0.1) is 11.6 Å². The van der Waals surface area contributed by atoms with Gasteiger partial charge in [0.15, 0.2) is 11.7 Å². The molecule has 0 radical (unpaired) electrons. The Balaban J connectivity index is 2.18. The highest BCUT2D eigenvalue weighted by molar-refractivity contribution is 6.17. The van der Waals surface area contributed by atoms with E-state index in [4.69, 9.17) is 20.4 Å². The monoisotopic (exact) mass is 239 g/mol. The Hall–Kier alpha value is -1.22. The Morgan fingerprint density at radius 3 is 3.06 bits per heavy atom. The van der Waals surface area contributed by atoms with Crippen molar-refractivity contribution in [2.24, 2.45) is 0 Å². The fourth-order valence-corrected chi connectivity index (χ4v) is 1.74. The van der Waals surface area contributed by atoms with E-state index in [1.165, 1.54) is 0 Å². The Morgan fingerprint density at radius 1 is 1.44 bits per heavy atom. The van der Waals surface area contributed by atoms with Crippen LogP contribution in [0.4, 0.5) is 0 Å². The third kappa shape index (κ3) is 2.30. The lowest BCUT2D eigenvalue weighted by Gasteiger charge is -1.95. The Morgan fingerprint density at radius 2 is 2.31 bits per heavy atom. The van der Waals surface area contributed by atoms with Crippen molar-refractivity contribution in [1.82, 2.24) is 4.98 Å². The van der Waals surface area contributed by atoms with Crippen molar-refractivity contribution in [3.63, 3.8) is 0 Å². The van der Waals surface area contributed by atoms with E-state index in [0.29, 0.717) is 5.88 Å². The molecule has 0 spiro atoms. The van der Waals surface area contributed by atoms with Crippen LogP contribution in [0.25, 0.3) is 11.3 Å². The molecule has 0 bridgehead atoms. The minimum Gasteiger partial charge on any atom is -0.469 e. The second-order valence-electron chi connectivity index (χ2n) is 3.52. The van der Waals surface area contributed by atoms with Gasteiger partial charge >= 0.3 is 0 Å². The summed E-state index contributed by atoms with van der Waals surface area (Å²) in [7, 11) is 0. The molecule has 0 N–H and O–H groups in total. The SMILES string of the molecule is CCc1occc1-c1cnc(CCCCl)o1. The molecule has 0 atom stereocenters. The predicted octanol–water partition coefficient (Wildman–Crippen LogP) is 3.67. The number of oxazole rings is 1. The molecule has 0 aliphatic carbocycles. The maximum Gasteiger partial charge on any atom is 0.194 e. The number of halogens is 1. The highest BCUT2D eigenvalue weighted by Crippen LogP contribution is 2.26. The molecule has 0 aromatic carbocycles. The molecule has 0 aliphatic rings. The molecule has 3 nitrogen and oxygen atoms in total. The first-order valence-corrected chi connectivity index (χ1v) is 5.96. The lowest BCUT2D eigenvalue weighted by molar-refractivity contribution is 0.494. The molecule has 16 heavy (non-hydrogen) atoms. The van der Waals surface area contributed by atoms with Crippen LogP contribution in [0.3, 0.4) is 0 Å². The van der Waals surface area contributed by atoms with Gasteiger partial charge in [-0.2, -0.15) is 0 Å². The molecular formula is C12H14ClNO2. The van der Waals surface area contributed by atoms with Crippen LogP contribution in [0.2, 0.25) is 0 Å². The molecule has 2 aromatic heterocycles. The Bertz CT molecular complexity index is 447. The first-order valence-electron chi connectivity index (χ1n) is 5.42. The van der Waals surface area contributed by atoms with Gasteiger partial charge in [-0.3, -0.25) is 0 Å². The fourth-order valence-electron chi connectivity index (χ4n) is 1.60. The van der Waals surface area contributed by atoms with Crippen LogP contribution in [0, 0.1) is 0 Å². The fraction of sp³-hybridized carbons (Fsp3) is 0.417. The summed E-state index contributed by atoms with van der Waals surface area (Å²) in [5.74, 6) is 3.07. The van der Waals surface area contributed by atoms with Gasteiger partial charge in [-0.25, -0.2) is 4.98 Å². The standard InChI is InChI=1S/C12H14ClNO2/c1-2-10-9(5-7-15-10)11-8-14-12(16-11)4-3-6-13/h5,7-8H,2-4,6H2,1H3. The van der Waals surface area contributed by atoms with E-state index in [1.807, 2.05) is 13.0 Å². The predicted molar refractivity (Wildman–Crippen MR) is 62.6 cm³/mol. The summed E-state index contributed by atoms with van der Waals surface area (Å²) in [5, 5.41) is 0. The molecule has 2 aromatic rings. The number of rotatable bonds is 5. The van der Waals surface area contributed by atoms with E-state index in [-0.39, 0.29) is 0 Å². The summed E-state index contributed by atoms with van der Waals surface area (Å²) in [4.78, 5) is 4.22. The minimum absolute atomic E-state index is 0.629. The van der Waals surface area contributed by atoms with Crippen molar-refractivity contribution in [3.05, 3.63) is 30.2 Å². The van der Waals surface area contributed by atoms with Gasteiger partial charge < -0.3 is 8.83 Å². The van der Waals surface area contributed by atoms with Crippen LogP contribution in [-0.2, 0) is 12.8 Å². The van der Waals surface area contributed by atoms with Crippen LogP contribution < -0.4 is 0 Å². The maximum atomic E-state index is 5.64. The van der Waals surface area contributed by atoms with Crippen molar-refractivity contribution < 1.29 is 8.83 Å². The highest BCUT2D eigenvalue weighted by atomic mass is 35.5. The van der Waals surface area contributed by atoms with Crippen LogP contribution in [0.1, 0.15) is 25.0 Å². The topological polar surface area (TPSA) is 39.2 Å². The molecule has 0 aliphatic heterocycles. The van der Waals surface area contributed by atoms with Crippen molar-refractivity contribution in [2.45, 2.75) is 26.2 Å². The summed E-state index contributed by atoms with van der Waals surface area (Å²) in [6.45, 7) is 2.05. The molecule has 2 rings (SSSR count). The zero-order valence-electron chi connectivity index (χ0n) is 9.20. The number of hydrogen-bond acceptors (Lipinski definition) is 3. The number of furan rings is 1. The van der Waals surface area contributed by atoms with Crippen LogP contribution in [-0.4, -0.2) is 10.9 Å². The van der Waals surface area contributed by atoms with Gasteiger partial charge in [0.1, 0.15) is 5.76 Å². The van der Waals surface area contributed by atoms with Crippen molar-refractivity contribution in [2.75, 3.05) is 5.88 Å². The van der Waals surface area contributed by atoms with Crippen LogP contribution >= 0.6 is 11.6 Å². The van der Waals surface area contributed by atoms with E-state index in [9.17, 15) is 0 Å². The molecule has 86 valence electrons. The van der Waals surface area contributed by atoms with Gasteiger partial charge in [0.2, 0.25) is 0 Å². The first kappa shape index (κ1) is 11.3. The Kier molecular flexibility index (Phi) is 3.67. The first-order chi connectivity index (χ1) is 7.85. The van der Waals surface area contributed by atoms with E-state index in [2.05, 4.69) is 4.98 Å². The second kappa shape index (κ2) is 5.21. The molecule has 2 heterocycles. The van der Waals surface area contributed by atoms with Crippen LogP contribution in [0.15, 0.2) is 27.4 Å². The smallest absolute Gasteiger partial charge is 0.194 e. The van der Waals surface area contributed by atoms with Crippen molar-refractivity contribution in [1.29, 1.82) is 0 Å². The molecule has 0 unspecified atom stereocenters. The Labute approximate surface area is 99.4 Å². The summed E-state index contributed by atoms with van der Waals surface area (Å²) in [5.41, 5.74) is 0.993. The molecule has 0 saturated heterocycles. The van der Waals surface area contributed by atoms with E-state index in [1.54, 1.807) is 12.5 Å². The minimum atomic E-state index is 0.629. The number of nitrogens with zero attached hydrogens (tertiary/aromatic N) is 1. The van der Waals surface area contributed by atoms with Gasteiger partial charge in [0.25, 0.3) is 0 Å². The average Bonchev–Trinajstić information content (AvgIpc) is 2.94. The number of hydrogen-bond donors (Lipinski definition) is 0. The van der Waals surface area contributed by atoms with Crippen molar-refractivity contribution >= 4 is 11.6 Å². The normalized spacial score (nSPS) is 10.9. The third-order valence-corrected chi connectivity index (χ3v) is 2.68. The molecule has 0 fully saturated rings. The van der Waals surface area contributed by atoms with Crippen LogP contribution in [0.5, 0.6) is 0 Å². The van der Waals surface area contributed by atoms with E-state index in [0.717, 1.165) is 42.2 Å². The number of aromatic nitrogens is 1. The van der Waals surface area contributed by atoms with Gasteiger partial charge in [0.05, 0.1) is 18.0 Å². The number of aryl methyl sites for hydroxylation is 2. The molecule has 0 amide bonds. The summed E-state index contributed by atoms with van der Waals surface area (Å²) < 4.78 is 11.0. The maximum absolute atomic E-state index is 5.64. The number of alkyl halides is 1. The summed E-state index contributed by atoms with van der Waals surface area (Å²) in [6.07, 6.45) is 5.93. The largest absolute Gasteiger partial charge is 0.469 e. The lowest BCUT2D eigenvalue weighted by Crippen LogP contribution is -1.84. The third-order valence-electron chi connectivity index (χ3n) is 2.41. The zero-order valence-corrected chi connectivity index (χ0v) is 9.96. The molecule has 4 heteroatoms. The zero-order chi connectivity index (χ0) is 11.4.